The Bertz CT molecular complexity index is 692. The molecule has 0 aliphatic heterocycles. The number of nitrogen functional groups attached to an aromatic ring is 2. The van der Waals surface area contributed by atoms with Crippen molar-refractivity contribution < 1.29 is 4.79 Å². The van der Waals surface area contributed by atoms with Crippen LogP contribution in [-0.2, 0) is 0 Å². The Kier molecular flexibility index (Phi) is 3.89. The van der Waals surface area contributed by atoms with E-state index in [0.29, 0.717) is 11.1 Å². The van der Waals surface area contributed by atoms with Crippen LogP contribution < -0.4 is 16.4 Å². The second-order valence-corrected chi connectivity index (χ2v) is 4.84. The van der Waals surface area contributed by atoms with Gasteiger partial charge < -0.3 is 16.4 Å². The fraction of sp³-hybridized carbons (Fsp3) is 0.133. The van der Waals surface area contributed by atoms with E-state index in [9.17, 15) is 4.79 Å². The molecule has 21 heavy (non-hydrogen) atoms. The lowest BCUT2D eigenvalue weighted by Crippen LogP contribution is -2.16. The predicted octanol–water partition coefficient (Wildman–Crippen LogP) is 1.24. The zero-order valence-electron chi connectivity index (χ0n) is 11.9. The SMILES string of the molecule is CN(C)c1ccc(C(=O)c2cnc(N)c(C(=N)N)c2)cc1. The molecule has 5 N–H and O–H groups in total. The minimum Gasteiger partial charge on any atom is -0.384 e. The van der Waals surface area contributed by atoms with E-state index in [4.69, 9.17) is 16.9 Å². The van der Waals surface area contributed by atoms with Gasteiger partial charge in [-0.25, -0.2) is 4.98 Å². The van der Waals surface area contributed by atoms with Crippen LogP contribution in [-0.4, -0.2) is 30.7 Å². The van der Waals surface area contributed by atoms with Crippen molar-refractivity contribution in [2.75, 3.05) is 24.7 Å². The van der Waals surface area contributed by atoms with Gasteiger partial charge in [0.2, 0.25) is 0 Å². The molecule has 0 aliphatic carbocycles. The number of nitrogens with two attached hydrogens (primary N) is 2. The molecule has 0 amide bonds. The van der Waals surface area contributed by atoms with Gasteiger partial charge in [-0.2, -0.15) is 0 Å². The molecule has 0 unspecified atom stereocenters. The maximum Gasteiger partial charge on any atom is 0.194 e. The van der Waals surface area contributed by atoms with Gasteiger partial charge in [-0.1, -0.05) is 0 Å². The molecule has 1 heterocycles. The second kappa shape index (κ2) is 5.62. The van der Waals surface area contributed by atoms with Crippen LogP contribution in [0.1, 0.15) is 21.5 Å². The number of hydrogen-bond acceptors (Lipinski definition) is 5. The summed E-state index contributed by atoms with van der Waals surface area (Å²) >= 11 is 0. The first-order valence-electron chi connectivity index (χ1n) is 6.32. The smallest absolute Gasteiger partial charge is 0.194 e. The van der Waals surface area contributed by atoms with Gasteiger partial charge in [0.15, 0.2) is 5.78 Å². The van der Waals surface area contributed by atoms with Gasteiger partial charge in [-0.05, 0) is 30.3 Å². The number of anilines is 2. The molecule has 0 atom stereocenters. The molecule has 2 rings (SSSR count). The molecule has 108 valence electrons. The van der Waals surface area contributed by atoms with E-state index in [-0.39, 0.29) is 23.0 Å². The highest BCUT2D eigenvalue weighted by Crippen LogP contribution is 2.17. The normalized spacial score (nSPS) is 10.2. The molecule has 2 aromatic rings. The number of rotatable bonds is 4. The molecule has 0 spiro atoms. The number of amidine groups is 1. The number of nitrogens with one attached hydrogen (secondary N) is 1. The Morgan fingerprint density at radius 1 is 1.19 bits per heavy atom. The van der Waals surface area contributed by atoms with Crippen molar-refractivity contribution in [2.24, 2.45) is 5.73 Å². The maximum atomic E-state index is 12.4. The summed E-state index contributed by atoms with van der Waals surface area (Å²) < 4.78 is 0. The molecule has 0 fully saturated rings. The average Bonchev–Trinajstić information content (AvgIpc) is 2.46. The molecular formula is C15H17N5O. The third-order valence-corrected chi connectivity index (χ3v) is 3.12. The fourth-order valence-electron chi connectivity index (χ4n) is 1.89. The number of nitrogens with zero attached hydrogens (tertiary/aromatic N) is 2. The quantitative estimate of drug-likeness (QED) is 0.444. The van der Waals surface area contributed by atoms with Crippen LogP contribution in [0.5, 0.6) is 0 Å². The summed E-state index contributed by atoms with van der Waals surface area (Å²) in [7, 11) is 3.86. The van der Waals surface area contributed by atoms with Gasteiger partial charge in [-0.3, -0.25) is 10.2 Å². The largest absolute Gasteiger partial charge is 0.384 e. The molecule has 0 bridgehead atoms. The summed E-state index contributed by atoms with van der Waals surface area (Å²) in [6.07, 6.45) is 1.39. The van der Waals surface area contributed by atoms with Gasteiger partial charge >= 0.3 is 0 Å². The number of ketones is 1. The second-order valence-electron chi connectivity index (χ2n) is 4.84. The molecule has 6 nitrogen and oxygen atoms in total. The van der Waals surface area contributed by atoms with Gasteiger partial charge in [0.1, 0.15) is 11.7 Å². The third kappa shape index (κ3) is 3.00. The van der Waals surface area contributed by atoms with Gasteiger partial charge in [0.25, 0.3) is 0 Å². The van der Waals surface area contributed by atoms with E-state index < -0.39 is 0 Å². The summed E-state index contributed by atoms with van der Waals surface area (Å²) in [4.78, 5) is 18.3. The van der Waals surface area contributed by atoms with Crippen molar-refractivity contribution in [3.8, 4) is 0 Å². The topological polar surface area (TPSA) is 109 Å². The number of carbonyl (C=O) groups excluding carboxylic acids is 1. The van der Waals surface area contributed by atoms with Crippen LogP contribution in [0.25, 0.3) is 0 Å². The maximum absolute atomic E-state index is 12.4. The lowest BCUT2D eigenvalue weighted by Gasteiger charge is -2.12. The highest BCUT2D eigenvalue weighted by Gasteiger charge is 2.13. The minimum atomic E-state index is -0.211. The first-order chi connectivity index (χ1) is 9.90. The fourth-order valence-corrected chi connectivity index (χ4v) is 1.89. The summed E-state index contributed by atoms with van der Waals surface area (Å²) in [6.45, 7) is 0. The van der Waals surface area contributed by atoms with Crippen LogP contribution >= 0.6 is 0 Å². The van der Waals surface area contributed by atoms with Gasteiger partial charge in [0.05, 0.1) is 5.56 Å². The van der Waals surface area contributed by atoms with Crippen molar-refractivity contribution in [2.45, 2.75) is 0 Å². The monoisotopic (exact) mass is 283 g/mol. The summed E-state index contributed by atoms with van der Waals surface area (Å²) in [5, 5.41) is 7.43. The molecule has 1 aromatic carbocycles. The Hall–Kier alpha value is -2.89. The molecular weight excluding hydrogens is 266 g/mol. The lowest BCUT2D eigenvalue weighted by molar-refractivity contribution is 0.103. The molecule has 0 aliphatic rings. The highest BCUT2D eigenvalue weighted by molar-refractivity contribution is 6.10. The van der Waals surface area contributed by atoms with Crippen molar-refractivity contribution in [1.82, 2.24) is 4.98 Å². The van der Waals surface area contributed by atoms with E-state index in [1.807, 2.05) is 31.1 Å². The van der Waals surface area contributed by atoms with E-state index in [1.54, 1.807) is 12.1 Å². The number of pyridine rings is 1. The van der Waals surface area contributed by atoms with Gasteiger partial charge in [-0.15, -0.1) is 0 Å². The zero-order valence-corrected chi connectivity index (χ0v) is 11.9. The first-order valence-corrected chi connectivity index (χ1v) is 6.32. The number of benzene rings is 1. The van der Waals surface area contributed by atoms with Crippen molar-refractivity contribution in [1.29, 1.82) is 5.41 Å². The molecule has 6 heteroatoms. The Labute approximate surface area is 122 Å². The predicted molar refractivity (Wildman–Crippen MR) is 83.9 cm³/mol. The molecule has 0 saturated carbocycles. The third-order valence-electron chi connectivity index (χ3n) is 3.12. The number of carbonyl (C=O) groups is 1. The average molecular weight is 283 g/mol. The lowest BCUT2D eigenvalue weighted by atomic mass is 10.0. The summed E-state index contributed by atoms with van der Waals surface area (Å²) in [5.74, 6) is -0.255. The van der Waals surface area contributed by atoms with Crippen LogP contribution in [0.4, 0.5) is 11.5 Å². The van der Waals surface area contributed by atoms with E-state index >= 15 is 0 Å². The van der Waals surface area contributed by atoms with Gasteiger partial charge in [0, 0.05) is 37.1 Å². The Morgan fingerprint density at radius 2 is 1.81 bits per heavy atom. The highest BCUT2D eigenvalue weighted by atomic mass is 16.1. The minimum absolute atomic E-state index is 0.141. The molecule has 0 radical (unpaired) electrons. The molecule has 0 saturated heterocycles. The van der Waals surface area contributed by atoms with Crippen LogP contribution in [0.15, 0.2) is 36.5 Å². The van der Waals surface area contributed by atoms with Crippen LogP contribution in [0.2, 0.25) is 0 Å². The summed E-state index contributed by atoms with van der Waals surface area (Å²) in [6, 6.07) is 8.73. The first kappa shape index (κ1) is 14.5. The van der Waals surface area contributed by atoms with Crippen molar-refractivity contribution >= 4 is 23.1 Å². The Morgan fingerprint density at radius 3 is 2.33 bits per heavy atom. The van der Waals surface area contributed by atoms with E-state index in [2.05, 4.69) is 4.98 Å². The summed E-state index contributed by atoms with van der Waals surface area (Å²) in [5.41, 5.74) is 13.2. The zero-order chi connectivity index (χ0) is 15.6. The Balaban J connectivity index is 2.36. The van der Waals surface area contributed by atoms with Crippen molar-refractivity contribution in [3.63, 3.8) is 0 Å². The number of aromatic nitrogens is 1. The van der Waals surface area contributed by atoms with Crippen LogP contribution in [0, 0.1) is 5.41 Å². The molecule has 1 aromatic heterocycles. The standard InChI is InChI=1S/C15H17N5O/c1-20(2)11-5-3-9(4-6-11)13(21)10-7-12(14(16)17)15(18)19-8-10/h3-8H,1-2H3,(H3,16,17)(H2,18,19). The van der Waals surface area contributed by atoms with Crippen LogP contribution in [0.3, 0.4) is 0 Å². The van der Waals surface area contributed by atoms with E-state index in [1.165, 1.54) is 12.3 Å². The van der Waals surface area contributed by atoms with E-state index in [0.717, 1.165) is 5.69 Å². The van der Waals surface area contributed by atoms with Crippen molar-refractivity contribution in [3.05, 3.63) is 53.2 Å². The number of hydrogen-bond donors (Lipinski definition) is 3.